The summed E-state index contributed by atoms with van der Waals surface area (Å²) in [5.74, 6) is -1.34. The van der Waals surface area contributed by atoms with Gasteiger partial charge in [0.2, 0.25) is 5.91 Å². The number of amides is 1. The molecule has 1 heterocycles. The molecule has 2 rings (SSSR count). The Morgan fingerprint density at radius 1 is 1.05 bits per heavy atom. The number of aromatic nitrogens is 1. The molecule has 0 fully saturated rings. The first-order valence-electron chi connectivity index (χ1n) is 5.93. The molecule has 2 aromatic rings. The molecule has 20 heavy (non-hydrogen) atoms. The molecule has 0 radical (unpaired) electrons. The van der Waals surface area contributed by atoms with Gasteiger partial charge in [0.1, 0.15) is 5.69 Å². The molecule has 6 nitrogen and oxygen atoms in total. The Labute approximate surface area is 115 Å². The summed E-state index contributed by atoms with van der Waals surface area (Å²) in [6, 6.07) is 12.2. The van der Waals surface area contributed by atoms with Crippen molar-refractivity contribution in [2.24, 2.45) is 0 Å². The number of hydrogen-bond acceptors (Lipinski definition) is 4. The third kappa shape index (κ3) is 3.81. The standard InChI is InChI=1S/C14H13N3O3/c18-13(9-15-10-4-2-1-3-5-10)17-11-6-7-12(14(19)20)16-8-11/h1-8,15H,9H2,(H,17,18)(H,19,20). The van der Waals surface area contributed by atoms with Gasteiger partial charge in [-0.3, -0.25) is 4.79 Å². The van der Waals surface area contributed by atoms with E-state index in [1.807, 2.05) is 30.3 Å². The second-order valence-corrected chi connectivity index (χ2v) is 4.01. The minimum Gasteiger partial charge on any atom is -0.477 e. The molecular weight excluding hydrogens is 258 g/mol. The van der Waals surface area contributed by atoms with Crippen LogP contribution >= 0.6 is 0 Å². The van der Waals surface area contributed by atoms with Crippen LogP contribution in [0.1, 0.15) is 10.5 Å². The SMILES string of the molecule is O=C(CNc1ccccc1)Nc1ccc(C(=O)O)nc1. The highest BCUT2D eigenvalue weighted by atomic mass is 16.4. The molecule has 3 N–H and O–H groups in total. The largest absolute Gasteiger partial charge is 0.477 e. The summed E-state index contributed by atoms with van der Waals surface area (Å²) in [6.07, 6.45) is 1.31. The fourth-order valence-electron chi connectivity index (χ4n) is 1.54. The minimum atomic E-state index is -1.10. The van der Waals surface area contributed by atoms with E-state index in [2.05, 4.69) is 15.6 Å². The van der Waals surface area contributed by atoms with Gasteiger partial charge in [-0.1, -0.05) is 18.2 Å². The molecule has 0 atom stereocenters. The van der Waals surface area contributed by atoms with Crippen LogP contribution in [-0.4, -0.2) is 28.5 Å². The molecule has 0 bridgehead atoms. The summed E-state index contributed by atoms with van der Waals surface area (Å²) in [4.78, 5) is 26.0. The van der Waals surface area contributed by atoms with Crippen LogP contribution in [0.25, 0.3) is 0 Å². The van der Waals surface area contributed by atoms with Crippen molar-refractivity contribution in [3.63, 3.8) is 0 Å². The summed E-state index contributed by atoms with van der Waals surface area (Å²) >= 11 is 0. The molecule has 0 aliphatic heterocycles. The Bertz CT molecular complexity index is 597. The average Bonchev–Trinajstić information content (AvgIpc) is 2.47. The highest BCUT2D eigenvalue weighted by Gasteiger charge is 2.06. The van der Waals surface area contributed by atoms with Gasteiger partial charge in [-0.2, -0.15) is 0 Å². The molecule has 0 saturated heterocycles. The number of hydrogen-bond donors (Lipinski definition) is 3. The molecule has 1 amide bonds. The van der Waals surface area contributed by atoms with Crippen molar-refractivity contribution in [2.75, 3.05) is 17.2 Å². The zero-order valence-corrected chi connectivity index (χ0v) is 10.5. The topological polar surface area (TPSA) is 91.3 Å². The quantitative estimate of drug-likeness (QED) is 0.771. The number of pyridine rings is 1. The lowest BCUT2D eigenvalue weighted by atomic mass is 10.3. The van der Waals surface area contributed by atoms with E-state index in [9.17, 15) is 9.59 Å². The summed E-state index contributed by atoms with van der Waals surface area (Å²) in [5.41, 5.74) is 1.24. The van der Waals surface area contributed by atoms with Crippen LogP contribution in [0.15, 0.2) is 48.7 Å². The van der Waals surface area contributed by atoms with Gasteiger partial charge in [0.05, 0.1) is 18.4 Å². The molecular formula is C14H13N3O3. The van der Waals surface area contributed by atoms with Crippen LogP contribution in [-0.2, 0) is 4.79 Å². The van der Waals surface area contributed by atoms with Gasteiger partial charge in [-0.25, -0.2) is 9.78 Å². The van der Waals surface area contributed by atoms with Gasteiger partial charge in [0.15, 0.2) is 0 Å². The number of carbonyl (C=O) groups is 2. The van der Waals surface area contributed by atoms with Gasteiger partial charge in [-0.15, -0.1) is 0 Å². The van der Waals surface area contributed by atoms with Crippen LogP contribution in [0.2, 0.25) is 0 Å². The van der Waals surface area contributed by atoms with Crippen LogP contribution < -0.4 is 10.6 Å². The van der Waals surface area contributed by atoms with Crippen molar-refractivity contribution < 1.29 is 14.7 Å². The maximum Gasteiger partial charge on any atom is 0.354 e. The fraction of sp³-hybridized carbons (Fsp3) is 0.0714. The van der Waals surface area contributed by atoms with Crippen molar-refractivity contribution in [1.82, 2.24) is 4.98 Å². The van der Waals surface area contributed by atoms with Crippen LogP contribution in [0.5, 0.6) is 0 Å². The van der Waals surface area contributed by atoms with E-state index in [0.717, 1.165) is 5.69 Å². The smallest absolute Gasteiger partial charge is 0.354 e. The van der Waals surface area contributed by atoms with Crippen molar-refractivity contribution in [1.29, 1.82) is 0 Å². The Balaban J connectivity index is 1.86. The van der Waals surface area contributed by atoms with Crippen LogP contribution in [0, 0.1) is 0 Å². The second-order valence-electron chi connectivity index (χ2n) is 4.01. The first-order chi connectivity index (χ1) is 9.65. The third-order valence-electron chi connectivity index (χ3n) is 2.49. The number of aromatic carboxylic acids is 1. The molecule has 0 aliphatic carbocycles. The molecule has 0 saturated carbocycles. The van der Waals surface area contributed by atoms with E-state index in [4.69, 9.17) is 5.11 Å². The molecule has 0 aliphatic rings. The maximum atomic E-state index is 11.7. The Hall–Kier alpha value is -2.89. The van der Waals surface area contributed by atoms with Crippen molar-refractivity contribution in [3.8, 4) is 0 Å². The Morgan fingerprint density at radius 2 is 1.80 bits per heavy atom. The minimum absolute atomic E-state index is 0.0644. The number of anilines is 2. The lowest BCUT2D eigenvalue weighted by Crippen LogP contribution is -2.21. The van der Waals surface area contributed by atoms with E-state index in [0.29, 0.717) is 5.69 Å². The van der Waals surface area contributed by atoms with Gasteiger partial charge in [-0.05, 0) is 24.3 Å². The van der Waals surface area contributed by atoms with E-state index in [1.54, 1.807) is 0 Å². The zero-order chi connectivity index (χ0) is 14.4. The van der Waals surface area contributed by atoms with Gasteiger partial charge >= 0.3 is 5.97 Å². The van der Waals surface area contributed by atoms with Crippen molar-refractivity contribution >= 4 is 23.3 Å². The molecule has 0 spiro atoms. The molecule has 102 valence electrons. The number of nitrogens with one attached hydrogen (secondary N) is 2. The predicted octanol–water partition coefficient (Wildman–Crippen LogP) is 1.83. The van der Waals surface area contributed by atoms with E-state index < -0.39 is 5.97 Å². The fourth-order valence-corrected chi connectivity index (χ4v) is 1.54. The Kier molecular flexibility index (Phi) is 4.28. The number of benzene rings is 1. The third-order valence-corrected chi connectivity index (χ3v) is 2.49. The van der Waals surface area contributed by atoms with Gasteiger partial charge in [0.25, 0.3) is 0 Å². The first kappa shape index (κ1) is 13.5. The van der Waals surface area contributed by atoms with E-state index >= 15 is 0 Å². The summed E-state index contributed by atoms with van der Waals surface area (Å²) < 4.78 is 0. The summed E-state index contributed by atoms with van der Waals surface area (Å²) in [7, 11) is 0. The predicted molar refractivity (Wildman–Crippen MR) is 74.8 cm³/mol. The lowest BCUT2D eigenvalue weighted by Gasteiger charge is -2.07. The van der Waals surface area contributed by atoms with Crippen LogP contribution in [0.4, 0.5) is 11.4 Å². The lowest BCUT2D eigenvalue weighted by molar-refractivity contribution is -0.114. The number of para-hydroxylation sites is 1. The van der Waals surface area contributed by atoms with Crippen molar-refractivity contribution in [3.05, 3.63) is 54.4 Å². The summed E-state index contributed by atoms with van der Waals surface area (Å²) in [5, 5.41) is 14.3. The number of carboxylic acids is 1. The molecule has 0 unspecified atom stereocenters. The number of nitrogens with zero attached hydrogens (tertiary/aromatic N) is 1. The second kappa shape index (κ2) is 6.33. The highest BCUT2D eigenvalue weighted by Crippen LogP contribution is 2.07. The van der Waals surface area contributed by atoms with Gasteiger partial charge in [0, 0.05) is 5.69 Å². The van der Waals surface area contributed by atoms with Crippen LogP contribution in [0.3, 0.4) is 0 Å². The monoisotopic (exact) mass is 271 g/mol. The van der Waals surface area contributed by atoms with Crippen molar-refractivity contribution in [2.45, 2.75) is 0 Å². The average molecular weight is 271 g/mol. The summed E-state index contributed by atoms with van der Waals surface area (Å²) in [6.45, 7) is 0.116. The molecule has 1 aromatic heterocycles. The maximum absolute atomic E-state index is 11.7. The number of carboxylic acid groups (broad SMARTS) is 1. The van der Waals surface area contributed by atoms with E-state index in [-0.39, 0.29) is 18.1 Å². The molecule has 6 heteroatoms. The highest BCUT2D eigenvalue weighted by molar-refractivity contribution is 5.94. The Morgan fingerprint density at radius 3 is 2.40 bits per heavy atom. The van der Waals surface area contributed by atoms with Gasteiger partial charge < -0.3 is 15.7 Å². The van der Waals surface area contributed by atoms with E-state index in [1.165, 1.54) is 18.3 Å². The zero-order valence-electron chi connectivity index (χ0n) is 10.5. The number of carbonyl (C=O) groups excluding carboxylic acids is 1. The number of rotatable bonds is 5. The molecule has 1 aromatic carbocycles. The normalized spacial score (nSPS) is 9.80. The first-order valence-corrected chi connectivity index (χ1v) is 5.93.